The summed E-state index contributed by atoms with van der Waals surface area (Å²) in [6.45, 7) is 18.8. The smallest absolute Gasteiger partial charge is 0.437 e. The van der Waals surface area contributed by atoms with Gasteiger partial charge in [0, 0.05) is 25.2 Å². The third kappa shape index (κ3) is 22.9. The summed E-state index contributed by atoms with van der Waals surface area (Å²) in [5.41, 5.74) is -0.797. The van der Waals surface area contributed by atoms with Gasteiger partial charge >= 0.3 is 18.3 Å². The van der Waals surface area contributed by atoms with E-state index in [1.807, 2.05) is 18.4 Å². The highest BCUT2D eigenvalue weighted by Crippen LogP contribution is 2.37. The molecule has 0 saturated carbocycles. The number of guanidine groups is 1. The molecule has 0 bridgehead atoms. The van der Waals surface area contributed by atoms with Crippen molar-refractivity contribution in [2.75, 3.05) is 19.6 Å². The Morgan fingerprint density at radius 2 is 1.50 bits per heavy atom. The molecule has 0 aliphatic carbocycles. The van der Waals surface area contributed by atoms with Crippen LogP contribution in [-0.2, 0) is 18.8 Å². The summed E-state index contributed by atoms with van der Waals surface area (Å²) < 4.78 is 11.3. The number of ether oxygens (including phenoxy) is 1. The van der Waals surface area contributed by atoms with Gasteiger partial charge in [-0.25, -0.2) is 19.4 Å². The molecule has 0 aliphatic heterocycles. The van der Waals surface area contributed by atoms with E-state index in [2.05, 4.69) is 52.0 Å². The minimum atomic E-state index is -2.40. The predicted octanol–water partition coefficient (Wildman–Crippen LogP) is 4.56. The number of hydrogen-bond acceptors (Lipinski definition) is 8. The third-order valence-corrected chi connectivity index (χ3v) is 11.6. The molecular weight excluding hydrogens is 642 g/mol. The molecule has 0 aromatic heterocycles. The number of hydrogen-bond donors (Lipinski definition) is 7. The Balaban J connectivity index is 4.82. The Morgan fingerprint density at radius 3 is 2.08 bits per heavy atom. The van der Waals surface area contributed by atoms with E-state index in [-0.39, 0.29) is 23.4 Å². The average molecular weight is 702 g/mol. The Bertz CT molecular complexity index is 1100. The fourth-order valence-electron chi connectivity index (χ4n) is 3.65. The molecule has 0 saturated heterocycles. The monoisotopic (exact) mass is 701 g/mol. The van der Waals surface area contributed by atoms with Crippen LogP contribution in [0, 0.1) is 0 Å². The van der Waals surface area contributed by atoms with Gasteiger partial charge in [0.2, 0.25) is 18.1 Å². The Morgan fingerprint density at radius 1 is 0.854 bits per heavy atom. The first kappa shape index (κ1) is 44.4. The van der Waals surface area contributed by atoms with E-state index in [0.717, 1.165) is 13.0 Å². The van der Waals surface area contributed by atoms with Crippen LogP contribution in [0.2, 0.25) is 18.1 Å². The number of aliphatic imine (C=N–C) groups is 2. The van der Waals surface area contributed by atoms with E-state index in [9.17, 15) is 24.0 Å². The number of carbonyl (C=O) groups is 5. The van der Waals surface area contributed by atoms with E-state index in [1.54, 1.807) is 27.7 Å². The van der Waals surface area contributed by atoms with Crippen LogP contribution < -0.4 is 26.6 Å². The van der Waals surface area contributed by atoms with Gasteiger partial charge in [0.1, 0.15) is 5.60 Å². The summed E-state index contributed by atoms with van der Waals surface area (Å²) in [6, 6.07) is -0.140. The Labute approximate surface area is 285 Å². The average Bonchev–Trinajstić information content (AvgIpc) is 2.90. The number of unbranched alkanes of at least 4 members (excludes halogenated alkanes) is 4. The summed E-state index contributed by atoms with van der Waals surface area (Å²) in [5, 5.41) is 30.8. The lowest BCUT2D eigenvalue weighted by Gasteiger charge is -2.38. The maximum absolute atomic E-state index is 13.1. The van der Waals surface area contributed by atoms with Crippen LogP contribution >= 0.6 is 0 Å². The second kappa shape index (κ2) is 22.1. The van der Waals surface area contributed by atoms with E-state index < -0.39 is 50.3 Å². The Kier molecular flexibility index (Phi) is 20.5. The highest BCUT2D eigenvalue weighted by atomic mass is 28.4. The molecule has 17 heteroatoms. The van der Waals surface area contributed by atoms with Crippen molar-refractivity contribution in [3.8, 4) is 0 Å². The first-order valence-corrected chi connectivity index (χ1v) is 19.3. The third-order valence-electron chi connectivity index (χ3n) is 7.21. The summed E-state index contributed by atoms with van der Waals surface area (Å²) in [7, 11) is -2.40. The molecule has 5 amide bonds. The van der Waals surface area contributed by atoms with Crippen LogP contribution in [0.15, 0.2) is 9.98 Å². The van der Waals surface area contributed by atoms with E-state index in [4.69, 9.17) is 19.4 Å². The SMILES string of the molecule is CC(CCNCCCCNC(=O)C(NC(=O)CCCCCC=N/C(=N/C(=O)OC(C)(C)C)NC(=O)O)O[Si](C)(C)C(C)(C)C)NC(=O)O. The molecule has 0 rings (SSSR count). The van der Waals surface area contributed by atoms with E-state index in [1.165, 1.54) is 6.21 Å². The van der Waals surface area contributed by atoms with Crippen molar-refractivity contribution in [2.45, 2.75) is 136 Å². The predicted molar refractivity (Wildman–Crippen MR) is 187 cm³/mol. The number of nitrogens with one attached hydrogen (secondary N) is 5. The van der Waals surface area contributed by atoms with Gasteiger partial charge in [-0.1, -0.05) is 27.2 Å². The summed E-state index contributed by atoms with van der Waals surface area (Å²) in [4.78, 5) is 66.9. The standard InChI is InChI=1S/C31H59N7O9Si/c1-22(35-27(41)42)17-21-32-18-14-15-19-33-24(40)25(47-48(8,9)31(5,6)7)36-23(39)16-12-10-11-13-20-34-26(37-28(43)44)38-29(45)46-30(2,3)4/h20,22,25,32,35H,10-19,21H2,1-9H3,(H,33,40)(H,36,39)(H,41,42)(H,43,44)(H,37,38,45). The number of nitrogens with zero attached hydrogens (tertiary/aromatic N) is 2. The molecule has 48 heavy (non-hydrogen) atoms. The number of rotatable bonds is 19. The zero-order valence-electron chi connectivity index (χ0n) is 30.2. The van der Waals surface area contributed by atoms with Gasteiger partial charge in [-0.3, -0.25) is 14.9 Å². The second-order valence-corrected chi connectivity index (χ2v) is 18.7. The van der Waals surface area contributed by atoms with Crippen LogP contribution in [0.25, 0.3) is 0 Å². The highest BCUT2D eigenvalue weighted by molar-refractivity contribution is 6.74. The maximum atomic E-state index is 13.1. The normalized spacial score (nSPS) is 13.8. The summed E-state index contributed by atoms with van der Waals surface area (Å²) in [5.74, 6) is -1.11. The topological polar surface area (TPSA) is 229 Å². The molecule has 2 atom stereocenters. The van der Waals surface area contributed by atoms with Crippen LogP contribution in [-0.4, -0.2) is 98.3 Å². The summed E-state index contributed by atoms with van der Waals surface area (Å²) in [6.07, 6.45) is 1.55. The lowest BCUT2D eigenvalue weighted by atomic mass is 10.1. The number of carboxylic acid groups (broad SMARTS) is 2. The molecule has 7 N–H and O–H groups in total. The van der Waals surface area contributed by atoms with Crippen molar-refractivity contribution in [3.63, 3.8) is 0 Å². The second-order valence-electron chi connectivity index (χ2n) is 14.0. The number of amides is 5. The molecule has 0 radical (unpaired) electrons. The molecule has 0 heterocycles. The minimum absolute atomic E-state index is 0.140. The van der Waals surface area contributed by atoms with Crippen molar-refractivity contribution < 1.29 is 43.3 Å². The van der Waals surface area contributed by atoms with Gasteiger partial charge in [0.15, 0.2) is 8.32 Å². The van der Waals surface area contributed by atoms with E-state index in [0.29, 0.717) is 51.6 Å². The van der Waals surface area contributed by atoms with Gasteiger partial charge in [-0.2, -0.15) is 0 Å². The first-order chi connectivity index (χ1) is 22.1. The van der Waals surface area contributed by atoms with E-state index >= 15 is 0 Å². The van der Waals surface area contributed by atoms with Crippen LogP contribution in [0.4, 0.5) is 14.4 Å². The van der Waals surface area contributed by atoms with Crippen molar-refractivity contribution in [3.05, 3.63) is 0 Å². The molecule has 0 fully saturated rings. The largest absolute Gasteiger partial charge is 0.465 e. The zero-order valence-corrected chi connectivity index (χ0v) is 31.2. The van der Waals surface area contributed by atoms with Gasteiger partial charge in [0.25, 0.3) is 5.91 Å². The van der Waals surface area contributed by atoms with Crippen molar-refractivity contribution in [1.82, 2.24) is 26.6 Å². The molecule has 2 unspecified atom stereocenters. The molecule has 16 nitrogen and oxygen atoms in total. The molecule has 0 spiro atoms. The zero-order chi connectivity index (χ0) is 37.0. The minimum Gasteiger partial charge on any atom is -0.465 e. The fourth-order valence-corrected chi connectivity index (χ4v) is 4.76. The molecule has 0 aliphatic rings. The van der Waals surface area contributed by atoms with Gasteiger partial charge < -0.3 is 40.6 Å². The van der Waals surface area contributed by atoms with Crippen LogP contribution in [0.5, 0.6) is 0 Å². The fraction of sp³-hybridized carbons (Fsp3) is 0.774. The van der Waals surface area contributed by atoms with Crippen LogP contribution in [0.3, 0.4) is 0 Å². The highest BCUT2D eigenvalue weighted by Gasteiger charge is 2.41. The maximum Gasteiger partial charge on any atom is 0.437 e. The van der Waals surface area contributed by atoms with Crippen LogP contribution in [0.1, 0.15) is 99.8 Å². The molecular formula is C31H59N7O9Si. The summed E-state index contributed by atoms with van der Waals surface area (Å²) >= 11 is 0. The van der Waals surface area contributed by atoms with Gasteiger partial charge in [-0.05, 0) is 97.4 Å². The van der Waals surface area contributed by atoms with Crippen molar-refractivity contribution >= 4 is 50.6 Å². The van der Waals surface area contributed by atoms with Crippen molar-refractivity contribution in [1.29, 1.82) is 0 Å². The van der Waals surface area contributed by atoms with Gasteiger partial charge in [-0.15, -0.1) is 4.99 Å². The molecule has 0 aromatic rings. The quantitative estimate of drug-likeness (QED) is 0.0326. The van der Waals surface area contributed by atoms with Crippen molar-refractivity contribution in [2.24, 2.45) is 9.98 Å². The van der Waals surface area contributed by atoms with Gasteiger partial charge in [0.05, 0.1) is 0 Å². The molecule has 276 valence electrons. The molecule has 0 aromatic carbocycles. The number of carbonyl (C=O) groups excluding carboxylic acids is 3. The first-order valence-electron chi connectivity index (χ1n) is 16.4. The Hall–Kier alpha value is -3.57. The lowest BCUT2D eigenvalue weighted by molar-refractivity contribution is -0.136. The lowest BCUT2D eigenvalue weighted by Crippen LogP contribution is -2.55.